The molecule has 0 bridgehead atoms. The fourth-order valence-corrected chi connectivity index (χ4v) is 1.52. The van der Waals surface area contributed by atoms with E-state index in [0.717, 1.165) is 6.08 Å². The second-order valence-electron chi connectivity index (χ2n) is 4.97. The van der Waals surface area contributed by atoms with E-state index in [0.29, 0.717) is 5.56 Å². The van der Waals surface area contributed by atoms with Crippen LogP contribution < -0.4 is 10.6 Å². The number of carbonyl (C=O) groups is 3. The van der Waals surface area contributed by atoms with Crippen LogP contribution in [-0.2, 0) is 14.3 Å². The van der Waals surface area contributed by atoms with Gasteiger partial charge < -0.3 is 10.1 Å². The summed E-state index contributed by atoms with van der Waals surface area (Å²) in [6.07, 6.45) is 2.46. The molecular weight excluding hydrogens is 318 g/mol. The van der Waals surface area contributed by atoms with Crippen LogP contribution in [-0.4, -0.2) is 35.5 Å². The first kappa shape index (κ1) is 18.8. The first-order valence-electron chi connectivity index (χ1n) is 6.97. The zero-order chi connectivity index (χ0) is 18.1. The summed E-state index contributed by atoms with van der Waals surface area (Å²) in [6, 6.07) is 4.71. The van der Waals surface area contributed by atoms with Crippen LogP contribution in [0.2, 0.25) is 0 Å². The molecule has 0 radical (unpaired) electrons. The summed E-state index contributed by atoms with van der Waals surface area (Å²) in [7, 11) is 0. The van der Waals surface area contributed by atoms with E-state index in [9.17, 15) is 24.5 Å². The number of nitrogens with one attached hydrogen (secondary N) is 2. The Hall–Kier alpha value is -3.23. The Labute approximate surface area is 137 Å². The summed E-state index contributed by atoms with van der Waals surface area (Å²) >= 11 is 0. The highest BCUT2D eigenvalue weighted by Gasteiger charge is 2.10. The van der Waals surface area contributed by atoms with Crippen molar-refractivity contribution < 1.29 is 24.0 Å². The highest BCUT2D eigenvalue weighted by atomic mass is 16.6. The van der Waals surface area contributed by atoms with Crippen molar-refractivity contribution in [1.82, 2.24) is 10.6 Å². The number of non-ortho nitro benzene ring substituents is 1. The van der Waals surface area contributed by atoms with Gasteiger partial charge in [0.1, 0.15) is 0 Å². The van der Waals surface area contributed by atoms with Gasteiger partial charge in [-0.25, -0.2) is 9.59 Å². The predicted molar refractivity (Wildman–Crippen MR) is 84.9 cm³/mol. The van der Waals surface area contributed by atoms with Crippen molar-refractivity contribution in [2.75, 3.05) is 6.61 Å². The van der Waals surface area contributed by atoms with Crippen LogP contribution in [0.15, 0.2) is 30.3 Å². The Morgan fingerprint density at radius 2 is 1.88 bits per heavy atom. The predicted octanol–water partition coefficient (Wildman–Crippen LogP) is 1.39. The van der Waals surface area contributed by atoms with Crippen molar-refractivity contribution in [2.45, 2.75) is 19.9 Å². The van der Waals surface area contributed by atoms with Crippen molar-refractivity contribution in [3.63, 3.8) is 0 Å². The number of ether oxygens (including phenoxy) is 1. The third-order valence-corrected chi connectivity index (χ3v) is 2.53. The Bertz CT molecular complexity index is 652. The highest BCUT2D eigenvalue weighted by molar-refractivity contribution is 5.96. The molecule has 1 aromatic carbocycles. The number of nitrogens with zero attached hydrogens (tertiary/aromatic N) is 1. The number of imide groups is 1. The normalized spacial score (nSPS) is 10.5. The van der Waals surface area contributed by atoms with Gasteiger partial charge in [0.05, 0.1) is 4.92 Å². The van der Waals surface area contributed by atoms with Crippen LogP contribution >= 0.6 is 0 Å². The fourth-order valence-electron chi connectivity index (χ4n) is 1.52. The number of hydrogen-bond acceptors (Lipinski definition) is 6. The van der Waals surface area contributed by atoms with Gasteiger partial charge in [-0.2, -0.15) is 0 Å². The second-order valence-corrected chi connectivity index (χ2v) is 4.97. The number of nitro benzene ring substituents is 1. The molecule has 0 aromatic heterocycles. The minimum atomic E-state index is -0.784. The Morgan fingerprint density at radius 3 is 2.42 bits per heavy atom. The quantitative estimate of drug-likeness (QED) is 0.350. The molecule has 0 spiro atoms. The maximum Gasteiger partial charge on any atom is 0.331 e. The Morgan fingerprint density at radius 1 is 1.25 bits per heavy atom. The van der Waals surface area contributed by atoms with Crippen LogP contribution in [0, 0.1) is 10.1 Å². The summed E-state index contributed by atoms with van der Waals surface area (Å²) in [4.78, 5) is 44.1. The van der Waals surface area contributed by atoms with E-state index in [2.05, 4.69) is 10.1 Å². The first-order chi connectivity index (χ1) is 11.3. The van der Waals surface area contributed by atoms with Gasteiger partial charge in [-0.3, -0.25) is 20.2 Å². The number of benzene rings is 1. The van der Waals surface area contributed by atoms with Crippen LogP contribution in [0.4, 0.5) is 10.5 Å². The lowest BCUT2D eigenvalue weighted by Crippen LogP contribution is -2.43. The Balaban J connectivity index is 2.41. The lowest BCUT2D eigenvalue weighted by atomic mass is 10.2. The first-order valence-corrected chi connectivity index (χ1v) is 6.97. The van der Waals surface area contributed by atoms with Crippen LogP contribution in [0.25, 0.3) is 6.08 Å². The molecule has 1 aromatic rings. The minimum absolute atomic E-state index is 0.0638. The van der Waals surface area contributed by atoms with Gasteiger partial charge in [-0.05, 0) is 37.6 Å². The molecule has 0 saturated heterocycles. The van der Waals surface area contributed by atoms with E-state index >= 15 is 0 Å². The number of hydrogen-bond donors (Lipinski definition) is 2. The maximum absolute atomic E-state index is 11.5. The third kappa shape index (κ3) is 7.16. The van der Waals surface area contributed by atoms with E-state index in [-0.39, 0.29) is 11.7 Å². The van der Waals surface area contributed by atoms with E-state index < -0.39 is 29.4 Å². The summed E-state index contributed by atoms with van der Waals surface area (Å²) in [5.41, 5.74) is 0.490. The molecule has 0 saturated carbocycles. The van der Waals surface area contributed by atoms with Crippen LogP contribution in [0.3, 0.4) is 0 Å². The monoisotopic (exact) mass is 335 g/mol. The molecule has 0 heterocycles. The highest BCUT2D eigenvalue weighted by Crippen LogP contribution is 2.12. The second kappa shape index (κ2) is 9.03. The van der Waals surface area contributed by atoms with E-state index in [4.69, 9.17) is 0 Å². The van der Waals surface area contributed by atoms with Gasteiger partial charge in [0, 0.05) is 24.3 Å². The number of rotatable bonds is 6. The lowest BCUT2D eigenvalue weighted by molar-refractivity contribution is -0.384. The molecule has 2 N–H and O–H groups in total. The molecule has 0 atom stereocenters. The van der Waals surface area contributed by atoms with Gasteiger partial charge in [-0.15, -0.1) is 0 Å². The van der Waals surface area contributed by atoms with Gasteiger partial charge in [-0.1, -0.05) is 0 Å². The molecule has 0 aliphatic heterocycles. The molecule has 0 fully saturated rings. The minimum Gasteiger partial charge on any atom is -0.452 e. The summed E-state index contributed by atoms with van der Waals surface area (Å²) < 4.78 is 4.67. The van der Waals surface area contributed by atoms with E-state index in [1.807, 2.05) is 5.32 Å². The zero-order valence-electron chi connectivity index (χ0n) is 13.1. The largest absolute Gasteiger partial charge is 0.452 e. The van der Waals surface area contributed by atoms with E-state index in [1.165, 1.54) is 30.3 Å². The average molecular weight is 335 g/mol. The van der Waals surface area contributed by atoms with Gasteiger partial charge in [0.25, 0.3) is 11.6 Å². The molecule has 0 aliphatic rings. The van der Waals surface area contributed by atoms with Crippen molar-refractivity contribution in [2.24, 2.45) is 0 Å². The number of amides is 3. The van der Waals surface area contributed by atoms with Gasteiger partial charge in [0.15, 0.2) is 6.61 Å². The van der Waals surface area contributed by atoms with Crippen molar-refractivity contribution >= 4 is 29.7 Å². The molecule has 9 heteroatoms. The summed E-state index contributed by atoms with van der Waals surface area (Å²) in [6.45, 7) is 2.86. The van der Waals surface area contributed by atoms with E-state index in [1.54, 1.807) is 13.8 Å². The zero-order valence-corrected chi connectivity index (χ0v) is 13.1. The number of urea groups is 1. The smallest absolute Gasteiger partial charge is 0.331 e. The van der Waals surface area contributed by atoms with Gasteiger partial charge in [0.2, 0.25) is 0 Å². The molecular formula is C15H17N3O6. The number of esters is 1. The van der Waals surface area contributed by atoms with Crippen LogP contribution in [0.1, 0.15) is 19.4 Å². The number of carbonyl (C=O) groups excluding carboxylic acids is 3. The number of nitro groups is 1. The summed E-state index contributed by atoms with van der Waals surface area (Å²) in [5.74, 6) is -1.54. The lowest BCUT2D eigenvalue weighted by Gasteiger charge is -2.08. The van der Waals surface area contributed by atoms with Crippen molar-refractivity contribution in [1.29, 1.82) is 0 Å². The molecule has 0 aliphatic carbocycles. The summed E-state index contributed by atoms with van der Waals surface area (Å²) in [5, 5.41) is 15.0. The third-order valence-electron chi connectivity index (χ3n) is 2.53. The molecule has 9 nitrogen and oxygen atoms in total. The van der Waals surface area contributed by atoms with Crippen molar-refractivity contribution in [3.05, 3.63) is 46.0 Å². The molecule has 3 amide bonds. The van der Waals surface area contributed by atoms with Crippen LogP contribution in [0.5, 0.6) is 0 Å². The fraction of sp³-hybridized carbons (Fsp3) is 0.267. The Kier molecular flexibility index (Phi) is 7.08. The topological polar surface area (TPSA) is 128 Å². The average Bonchev–Trinajstić information content (AvgIpc) is 2.50. The SMILES string of the molecule is CC(C)NC(=O)NC(=O)COC(=O)/C=C/c1ccc([N+](=O)[O-])cc1. The maximum atomic E-state index is 11.5. The molecule has 1 rings (SSSR count). The standard InChI is InChI=1S/C15H17N3O6/c1-10(2)16-15(21)17-13(19)9-24-14(20)8-5-11-3-6-12(7-4-11)18(22)23/h3-8,10H,9H2,1-2H3,(H2,16,17,19,21)/b8-5+. The van der Waals surface area contributed by atoms with Gasteiger partial charge >= 0.3 is 12.0 Å². The molecule has 128 valence electrons. The molecule has 0 unspecified atom stereocenters. The van der Waals surface area contributed by atoms with Crippen molar-refractivity contribution in [3.8, 4) is 0 Å². The molecule has 24 heavy (non-hydrogen) atoms.